The molecule has 0 aromatic carbocycles. The standard InChI is InChI=1S/C12H18ClFN5O13P3/c1-18-4-19(8-6(18)9(21)17-11(15)16-8)10-5(14)7(20)12(2-13,30-10)3-29-34(25,26)32-35(27,28)31-33(22,23)24/h4-5,7,10,20H,2-3H2,1H3,(H6-,15,16,17,21,22,23,24,25,26,27,28)/p+1. The zero-order valence-corrected chi connectivity index (χ0v) is 20.7. The van der Waals surface area contributed by atoms with E-state index in [1.54, 1.807) is 0 Å². The number of nitrogen functional groups attached to an aromatic ring is 1. The molecule has 18 nitrogen and oxygen atoms in total. The number of anilines is 1. The molecule has 23 heteroatoms. The molecule has 1 aliphatic rings. The summed E-state index contributed by atoms with van der Waals surface area (Å²) in [4.78, 5) is 54.4. The summed E-state index contributed by atoms with van der Waals surface area (Å²) in [6, 6.07) is 0. The summed E-state index contributed by atoms with van der Waals surface area (Å²) in [7, 11) is -15.7. The second kappa shape index (κ2) is 9.54. The maximum atomic E-state index is 15.1. The van der Waals surface area contributed by atoms with Crippen LogP contribution in [0, 0.1) is 0 Å². The Kier molecular flexibility index (Phi) is 7.70. The number of rotatable bonds is 9. The molecule has 2 aromatic rings. The number of ether oxygens (including phenoxy) is 1. The Balaban J connectivity index is 1.87. The number of aryl methyl sites for hydroxylation is 1. The van der Waals surface area contributed by atoms with Gasteiger partial charge in [-0.2, -0.15) is 8.62 Å². The zero-order chi connectivity index (χ0) is 26.6. The van der Waals surface area contributed by atoms with Gasteiger partial charge in [0.1, 0.15) is 11.7 Å². The molecular weight excluding hydrogens is 570 g/mol. The summed E-state index contributed by atoms with van der Waals surface area (Å²) in [5, 5.41) is 10.5. The fraction of sp³-hybridized carbons (Fsp3) is 0.583. The lowest BCUT2D eigenvalue weighted by molar-refractivity contribution is -0.745. The summed E-state index contributed by atoms with van der Waals surface area (Å²) in [6.45, 7) is -1.22. The molecule has 1 aliphatic heterocycles. The van der Waals surface area contributed by atoms with Crippen molar-refractivity contribution in [2.75, 3.05) is 18.2 Å². The molecule has 2 aromatic heterocycles. The number of phosphoric ester groups is 1. The number of phosphoric acid groups is 3. The van der Waals surface area contributed by atoms with Crippen LogP contribution in [0.15, 0.2) is 11.1 Å². The van der Waals surface area contributed by atoms with Crippen molar-refractivity contribution < 1.29 is 65.2 Å². The minimum atomic E-state index is -5.82. The van der Waals surface area contributed by atoms with Gasteiger partial charge in [0.2, 0.25) is 11.7 Å². The van der Waals surface area contributed by atoms with Crippen LogP contribution in [0.25, 0.3) is 11.2 Å². The van der Waals surface area contributed by atoms with Crippen molar-refractivity contribution in [3.05, 3.63) is 16.7 Å². The van der Waals surface area contributed by atoms with E-state index in [1.165, 1.54) is 17.9 Å². The fourth-order valence-corrected chi connectivity index (χ4v) is 6.62. The minimum absolute atomic E-state index is 0.0406. The minimum Gasteiger partial charge on any atom is -0.387 e. The van der Waals surface area contributed by atoms with Crippen molar-refractivity contribution >= 4 is 52.2 Å². The molecule has 1 saturated heterocycles. The summed E-state index contributed by atoms with van der Waals surface area (Å²) in [5.74, 6) is -1.07. The highest BCUT2D eigenvalue weighted by Gasteiger charge is 2.59. The van der Waals surface area contributed by atoms with Gasteiger partial charge in [0.05, 0.1) is 19.5 Å². The fourth-order valence-electron chi connectivity index (χ4n) is 3.25. The average Bonchev–Trinajstić information content (AvgIpc) is 3.13. The van der Waals surface area contributed by atoms with Gasteiger partial charge in [-0.25, -0.2) is 22.7 Å². The molecule has 0 spiro atoms. The predicted octanol–water partition coefficient (Wildman–Crippen LogP) is -1.32. The Morgan fingerprint density at radius 3 is 2.51 bits per heavy atom. The normalized spacial score (nSPS) is 28.7. The van der Waals surface area contributed by atoms with Crippen molar-refractivity contribution in [3.8, 4) is 0 Å². The van der Waals surface area contributed by atoms with Gasteiger partial charge in [-0.15, -0.1) is 11.6 Å². The molecule has 0 amide bonds. The first kappa shape index (κ1) is 28.3. The van der Waals surface area contributed by atoms with Gasteiger partial charge in [0.25, 0.3) is 11.5 Å². The highest BCUT2D eigenvalue weighted by atomic mass is 35.5. The lowest BCUT2D eigenvalue weighted by atomic mass is 9.99. The third-order valence-corrected chi connectivity index (χ3v) is 8.88. The number of hydrogen-bond acceptors (Lipinski definition) is 11. The average molecular weight is 589 g/mol. The van der Waals surface area contributed by atoms with E-state index in [2.05, 4.69) is 23.1 Å². The SMILES string of the molecule is Cn1c[n+](C2OC(CCl)(COP(=O)(O)OP(=O)(O)OP(=O)(O)O)C(O)C2F)c2nc(N)[nH]c(=O)c21. The summed E-state index contributed by atoms with van der Waals surface area (Å²) in [5.41, 5.74) is 2.42. The lowest BCUT2D eigenvalue weighted by Crippen LogP contribution is -2.47. The number of alkyl halides is 2. The molecule has 0 bridgehead atoms. The number of H-pyrrole nitrogens is 1. The highest BCUT2D eigenvalue weighted by molar-refractivity contribution is 7.66. The number of fused-ring (bicyclic) bond motifs is 1. The molecule has 35 heavy (non-hydrogen) atoms. The molecular formula is C12H19ClFN5O13P3+. The highest BCUT2D eigenvalue weighted by Crippen LogP contribution is 2.66. The number of halogens is 2. The van der Waals surface area contributed by atoms with E-state index in [-0.39, 0.29) is 17.1 Å². The van der Waals surface area contributed by atoms with Crippen molar-refractivity contribution in [2.45, 2.75) is 24.1 Å². The number of nitrogens with one attached hydrogen (secondary N) is 1. The smallest absolute Gasteiger partial charge is 0.387 e. The second-order valence-electron chi connectivity index (χ2n) is 7.22. The summed E-state index contributed by atoms with van der Waals surface area (Å²) in [6.07, 6.45) is -4.93. The van der Waals surface area contributed by atoms with Gasteiger partial charge in [0, 0.05) is 0 Å². The van der Waals surface area contributed by atoms with E-state index in [0.29, 0.717) is 0 Å². The molecule has 6 atom stereocenters. The number of aromatic amines is 1. The maximum absolute atomic E-state index is 15.1. The number of hydrogen-bond donors (Lipinski definition) is 7. The van der Waals surface area contributed by atoms with Crippen LogP contribution in [0.4, 0.5) is 10.3 Å². The molecule has 1 fully saturated rings. The largest absolute Gasteiger partial charge is 0.490 e. The van der Waals surface area contributed by atoms with E-state index in [1.807, 2.05) is 0 Å². The van der Waals surface area contributed by atoms with Crippen LogP contribution in [0.5, 0.6) is 0 Å². The van der Waals surface area contributed by atoms with Crippen molar-refractivity contribution in [1.29, 1.82) is 0 Å². The van der Waals surface area contributed by atoms with Crippen LogP contribution in [0.2, 0.25) is 0 Å². The first-order chi connectivity index (χ1) is 15.9. The Morgan fingerprint density at radius 1 is 1.31 bits per heavy atom. The number of aliphatic hydroxyl groups excluding tert-OH is 1. The first-order valence-corrected chi connectivity index (χ1v) is 14.1. The predicted molar refractivity (Wildman–Crippen MR) is 110 cm³/mol. The van der Waals surface area contributed by atoms with Gasteiger partial charge >= 0.3 is 29.1 Å². The topological polar surface area (TPSA) is 270 Å². The Bertz CT molecular complexity index is 1330. The number of nitrogens with two attached hydrogens (primary N) is 1. The number of aliphatic hydroxyl groups is 1. The number of aromatic nitrogens is 4. The summed E-state index contributed by atoms with van der Waals surface area (Å²) >= 11 is 5.82. The molecule has 0 saturated carbocycles. The Morgan fingerprint density at radius 2 is 1.94 bits per heavy atom. The van der Waals surface area contributed by atoms with Gasteiger partial charge < -0.3 is 35.2 Å². The van der Waals surface area contributed by atoms with E-state index in [4.69, 9.17) is 31.9 Å². The van der Waals surface area contributed by atoms with Crippen molar-refractivity contribution in [3.63, 3.8) is 0 Å². The summed E-state index contributed by atoms with van der Waals surface area (Å²) < 4.78 is 68.8. The third kappa shape index (κ3) is 5.99. The molecule has 0 radical (unpaired) electrons. The monoisotopic (exact) mass is 588 g/mol. The van der Waals surface area contributed by atoms with Crippen LogP contribution < -0.4 is 15.9 Å². The van der Waals surface area contributed by atoms with Crippen LogP contribution in [0.3, 0.4) is 0 Å². The van der Waals surface area contributed by atoms with Crippen LogP contribution in [-0.4, -0.2) is 69.6 Å². The first-order valence-electron chi connectivity index (χ1n) is 9.00. The molecule has 8 N–H and O–H groups in total. The van der Waals surface area contributed by atoms with Crippen LogP contribution in [-0.2, 0) is 38.6 Å². The maximum Gasteiger partial charge on any atom is 0.490 e. The van der Waals surface area contributed by atoms with E-state index in [0.717, 1.165) is 4.57 Å². The number of nitrogens with zero attached hydrogens (tertiary/aromatic N) is 3. The van der Waals surface area contributed by atoms with Crippen molar-refractivity contribution in [1.82, 2.24) is 14.5 Å². The quantitative estimate of drug-likeness (QED) is 0.102. The van der Waals surface area contributed by atoms with E-state index in [9.17, 15) is 33.4 Å². The van der Waals surface area contributed by atoms with E-state index < -0.39 is 65.6 Å². The second-order valence-corrected chi connectivity index (χ2v) is 11.9. The number of imidazole rings is 1. The molecule has 198 valence electrons. The van der Waals surface area contributed by atoms with Gasteiger partial charge in [0.15, 0.2) is 12.5 Å². The molecule has 0 aliphatic carbocycles. The van der Waals surface area contributed by atoms with Crippen LogP contribution >= 0.6 is 35.1 Å². The Labute approximate surface area is 198 Å². The molecule has 3 rings (SSSR count). The molecule has 3 heterocycles. The lowest BCUT2D eigenvalue weighted by Gasteiger charge is -2.29. The van der Waals surface area contributed by atoms with Crippen molar-refractivity contribution in [2.24, 2.45) is 7.05 Å². The molecule has 6 unspecified atom stereocenters. The van der Waals surface area contributed by atoms with Gasteiger partial charge in [-0.3, -0.25) is 18.9 Å². The van der Waals surface area contributed by atoms with Gasteiger partial charge in [-0.1, -0.05) is 4.98 Å². The van der Waals surface area contributed by atoms with Gasteiger partial charge in [-0.05, 0) is 0 Å². The Hall–Kier alpha value is -1.30. The zero-order valence-electron chi connectivity index (χ0n) is 17.2. The third-order valence-electron chi connectivity index (χ3n) is 4.65. The van der Waals surface area contributed by atoms with E-state index >= 15 is 4.39 Å². The van der Waals surface area contributed by atoms with Crippen LogP contribution in [0.1, 0.15) is 6.23 Å².